The van der Waals surface area contributed by atoms with Gasteiger partial charge in [-0.15, -0.1) is 0 Å². The van der Waals surface area contributed by atoms with E-state index in [1.807, 2.05) is 4.90 Å². The summed E-state index contributed by atoms with van der Waals surface area (Å²) < 4.78 is 4.56. The Morgan fingerprint density at radius 1 is 1.09 bits per heavy atom. The number of esters is 1. The van der Waals surface area contributed by atoms with Crippen molar-refractivity contribution in [2.45, 2.75) is 38.5 Å². The van der Waals surface area contributed by atoms with Crippen LogP contribution in [0.5, 0.6) is 0 Å². The van der Waals surface area contributed by atoms with Gasteiger partial charge in [-0.05, 0) is 44.7 Å². The first kappa shape index (κ1) is 17.1. The first-order chi connectivity index (χ1) is 10.7. The molecule has 2 heterocycles. The van der Waals surface area contributed by atoms with Crippen molar-refractivity contribution in [1.82, 2.24) is 15.1 Å². The van der Waals surface area contributed by atoms with E-state index in [2.05, 4.69) is 15.0 Å². The highest BCUT2D eigenvalue weighted by Crippen LogP contribution is 2.20. The Morgan fingerprint density at radius 2 is 1.77 bits per heavy atom. The summed E-state index contributed by atoms with van der Waals surface area (Å²) in [5.74, 6) is 0.428. The van der Waals surface area contributed by atoms with Crippen LogP contribution in [-0.4, -0.2) is 68.2 Å². The Balaban J connectivity index is 1.61. The monoisotopic (exact) mass is 311 g/mol. The highest BCUT2D eigenvalue weighted by atomic mass is 16.5. The van der Waals surface area contributed by atoms with Crippen LogP contribution < -0.4 is 5.32 Å². The lowest BCUT2D eigenvalue weighted by molar-refractivity contribution is -0.140. The van der Waals surface area contributed by atoms with Gasteiger partial charge in [0, 0.05) is 26.2 Å². The summed E-state index contributed by atoms with van der Waals surface area (Å²) >= 11 is 0. The normalized spacial score (nSPS) is 20.7. The van der Waals surface area contributed by atoms with Gasteiger partial charge in [0.15, 0.2) is 0 Å². The van der Waals surface area contributed by atoms with Crippen LogP contribution in [-0.2, 0) is 9.53 Å². The molecule has 0 aliphatic carbocycles. The molecule has 0 radical (unpaired) electrons. The first-order valence-corrected chi connectivity index (χ1v) is 8.51. The quantitative estimate of drug-likeness (QED) is 0.781. The van der Waals surface area contributed by atoms with Crippen LogP contribution in [0.25, 0.3) is 0 Å². The van der Waals surface area contributed by atoms with Gasteiger partial charge in [0.05, 0.1) is 13.5 Å². The number of likely N-dealkylation sites (tertiary alicyclic amines) is 2. The zero-order valence-corrected chi connectivity index (χ0v) is 13.7. The molecule has 2 fully saturated rings. The van der Waals surface area contributed by atoms with Crippen molar-refractivity contribution < 1.29 is 14.3 Å². The van der Waals surface area contributed by atoms with Crippen LogP contribution in [0.15, 0.2) is 0 Å². The number of amides is 2. The molecule has 0 unspecified atom stereocenters. The second kappa shape index (κ2) is 8.98. The zero-order chi connectivity index (χ0) is 15.8. The number of hydrogen-bond acceptors (Lipinski definition) is 4. The molecule has 0 aromatic carbocycles. The summed E-state index contributed by atoms with van der Waals surface area (Å²) in [4.78, 5) is 27.5. The molecule has 6 heteroatoms. The molecule has 0 spiro atoms. The fourth-order valence-electron chi connectivity index (χ4n) is 3.31. The number of carbonyl (C=O) groups is 2. The van der Waals surface area contributed by atoms with Crippen LogP contribution in [0.2, 0.25) is 0 Å². The number of nitrogens with one attached hydrogen (secondary N) is 1. The average Bonchev–Trinajstić information content (AvgIpc) is 2.56. The molecule has 6 nitrogen and oxygen atoms in total. The smallest absolute Gasteiger partial charge is 0.317 e. The van der Waals surface area contributed by atoms with Gasteiger partial charge < -0.3 is 19.9 Å². The average molecular weight is 311 g/mol. The molecule has 2 aliphatic rings. The van der Waals surface area contributed by atoms with Crippen LogP contribution in [0.1, 0.15) is 38.5 Å². The molecule has 2 saturated heterocycles. The summed E-state index contributed by atoms with van der Waals surface area (Å²) in [6.07, 6.45) is 6.44. The SMILES string of the molecule is COC(=O)CCNC(=O)N1CCC(CN2CCCCC2)CC1. The highest BCUT2D eigenvalue weighted by Gasteiger charge is 2.24. The van der Waals surface area contributed by atoms with Crippen LogP contribution in [0.4, 0.5) is 4.79 Å². The van der Waals surface area contributed by atoms with E-state index in [4.69, 9.17) is 0 Å². The third-order valence-corrected chi connectivity index (χ3v) is 4.70. The predicted octanol–water partition coefficient (Wildman–Crippen LogP) is 1.46. The minimum absolute atomic E-state index is 0.0553. The molecule has 0 aromatic rings. The van der Waals surface area contributed by atoms with Crippen molar-refractivity contribution in [1.29, 1.82) is 0 Å². The largest absolute Gasteiger partial charge is 0.469 e. The van der Waals surface area contributed by atoms with Crippen LogP contribution >= 0.6 is 0 Å². The molecule has 126 valence electrons. The van der Waals surface area contributed by atoms with Gasteiger partial charge in [-0.2, -0.15) is 0 Å². The van der Waals surface area contributed by atoms with Crippen molar-refractivity contribution in [3.05, 3.63) is 0 Å². The van der Waals surface area contributed by atoms with Crippen LogP contribution in [0.3, 0.4) is 0 Å². The molecule has 0 atom stereocenters. The van der Waals surface area contributed by atoms with Gasteiger partial charge in [0.25, 0.3) is 0 Å². The number of carbonyl (C=O) groups excluding carboxylic acids is 2. The Bertz CT molecular complexity index is 362. The highest BCUT2D eigenvalue weighted by molar-refractivity contribution is 5.75. The molecule has 2 amide bonds. The second-order valence-electron chi connectivity index (χ2n) is 6.35. The van der Waals surface area contributed by atoms with E-state index in [1.54, 1.807) is 0 Å². The van der Waals surface area contributed by atoms with Crippen molar-refractivity contribution in [2.75, 3.05) is 46.4 Å². The Hall–Kier alpha value is -1.30. The number of hydrogen-bond donors (Lipinski definition) is 1. The molecule has 0 bridgehead atoms. The number of rotatable bonds is 5. The lowest BCUT2D eigenvalue weighted by Gasteiger charge is -2.36. The molecule has 22 heavy (non-hydrogen) atoms. The fraction of sp³-hybridized carbons (Fsp3) is 0.875. The van der Waals surface area contributed by atoms with Gasteiger partial charge in [0.2, 0.25) is 0 Å². The van der Waals surface area contributed by atoms with Gasteiger partial charge in [0.1, 0.15) is 0 Å². The van der Waals surface area contributed by atoms with Crippen molar-refractivity contribution in [2.24, 2.45) is 5.92 Å². The zero-order valence-electron chi connectivity index (χ0n) is 13.7. The summed E-state index contributed by atoms with van der Waals surface area (Å²) in [6.45, 7) is 5.67. The van der Waals surface area contributed by atoms with E-state index >= 15 is 0 Å². The number of urea groups is 1. The number of nitrogens with zero attached hydrogens (tertiary/aromatic N) is 2. The Kier molecular flexibility index (Phi) is 6.96. The maximum Gasteiger partial charge on any atom is 0.317 e. The van der Waals surface area contributed by atoms with E-state index in [-0.39, 0.29) is 18.4 Å². The minimum Gasteiger partial charge on any atom is -0.469 e. The van der Waals surface area contributed by atoms with Crippen molar-refractivity contribution >= 4 is 12.0 Å². The second-order valence-corrected chi connectivity index (χ2v) is 6.35. The standard InChI is InChI=1S/C16H29N3O3/c1-22-15(20)5-8-17-16(21)19-11-6-14(7-12-19)13-18-9-3-2-4-10-18/h14H,2-13H2,1H3,(H,17,21). The maximum atomic E-state index is 12.0. The van der Waals surface area contributed by atoms with E-state index < -0.39 is 0 Å². The minimum atomic E-state index is -0.291. The van der Waals surface area contributed by atoms with E-state index in [0.717, 1.165) is 31.8 Å². The molecule has 0 aromatic heterocycles. The maximum absolute atomic E-state index is 12.0. The number of piperidine rings is 2. The molecule has 1 N–H and O–H groups in total. The van der Waals surface area contributed by atoms with E-state index in [0.29, 0.717) is 6.54 Å². The van der Waals surface area contributed by atoms with Crippen LogP contribution in [0, 0.1) is 5.92 Å². The number of methoxy groups -OCH3 is 1. The van der Waals surface area contributed by atoms with Gasteiger partial charge in [-0.1, -0.05) is 6.42 Å². The lowest BCUT2D eigenvalue weighted by atomic mass is 9.95. The van der Waals surface area contributed by atoms with Crippen molar-refractivity contribution in [3.63, 3.8) is 0 Å². The summed E-state index contributed by atoms with van der Waals surface area (Å²) in [6, 6.07) is -0.0553. The summed E-state index contributed by atoms with van der Waals surface area (Å²) in [7, 11) is 1.36. The molecular weight excluding hydrogens is 282 g/mol. The van der Waals surface area contributed by atoms with E-state index in [9.17, 15) is 9.59 Å². The molecule has 0 saturated carbocycles. The summed E-state index contributed by atoms with van der Waals surface area (Å²) in [5.41, 5.74) is 0. The van der Waals surface area contributed by atoms with Crippen molar-refractivity contribution in [3.8, 4) is 0 Å². The van der Waals surface area contributed by atoms with E-state index in [1.165, 1.54) is 46.0 Å². The Labute approximate surface area is 133 Å². The lowest BCUT2D eigenvalue weighted by Crippen LogP contribution is -2.46. The fourth-order valence-corrected chi connectivity index (χ4v) is 3.31. The molecular formula is C16H29N3O3. The predicted molar refractivity (Wildman–Crippen MR) is 84.6 cm³/mol. The Morgan fingerprint density at radius 3 is 2.41 bits per heavy atom. The number of ether oxygens (including phenoxy) is 1. The van der Waals surface area contributed by atoms with Gasteiger partial charge in [-0.25, -0.2) is 4.79 Å². The van der Waals surface area contributed by atoms with Gasteiger partial charge >= 0.3 is 12.0 Å². The summed E-state index contributed by atoms with van der Waals surface area (Å²) in [5, 5.41) is 2.79. The first-order valence-electron chi connectivity index (χ1n) is 8.51. The third-order valence-electron chi connectivity index (χ3n) is 4.70. The molecule has 2 aliphatic heterocycles. The third kappa shape index (κ3) is 5.48. The molecule has 2 rings (SSSR count). The topological polar surface area (TPSA) is 61.9 Å². The van der Waals surface area contributed by atoms with Gasteiger partial charge in [-0.3, -0.25) is 4.79 Å².